The molecule has 158 valence electrons. The Bertz CT molecular complexity index is 810. The number of hydrogen-bond acceptors (Lipinski definition) is 5. The number of amides is 1. The molecule has 1 N–H and O–H groups in total. The van der Waals surface area contributed by atoms with Crippen LogP contribution in [-0.2, 0) is 21.2 Å². The van der Waals surface area contributed by atoms with Crippen LogP contribution in [0.4, 0.5) is 0 Å². The van der Waals surface area contributed by atoms with Crippen molar-refractivity contribution < 1.29 is 13.2 Å². The van der Waals surface area contributed by atoms with Gasteiger partial charge in [0, 0.05) is 23.8 Å². The second kappa shape index (κ2) is 8.53. The minimum absolute atomic E-state index is 0.0697. The van der Waals surface area contributed by atoms with Gasteiger partial charge in [0.15, 0.2) is 9.84 Å². The minimum Gasteiger partial charge on any atom is -0.352 e. The lowest BCUT2D eigenvalue weighted by Crippen LogP contribution is -2.42. The van der Waals surface area contributed by atoms with E-state index in [9.17, 15) is 13.2 Å². The molecular weight excluding hydrogens is 376 g/mol. The van der Waals surface area contributed by atoms with Crippen molar-refractivity contribution in [1.82, 2.24) is 20.0 Å². The van der Waals surface area contributed by atoms with E-state index in [0.29, 0.717) is 25.6 Å². The summed E-state index contributed by atoms with van der Waals surface area (Å²) in [6.07, 6.45) is 5.16. The Labute approximate surface area is 168 Å². The minimum atomic E-state index is -2.94. The van der Waals surface area contributed by atoms with Gasteiger partial charge in [-0.15, -0.1) is 0 Å². The zero-order valence-electron chi connectivity index (χ0n) is 17.6. The predicted molar refractivity (Wildman–Crippen MR) is 110 cm³/mol. The number of likely N-dealkylation sites (N-methyl/N-ethyl adjacent to an activating group) is 1. The molecule has 2 aliphatic rings. The first kappa shape index (κ1) is 21.3. The zero-order chi connectivity index (χ0) is 20.5. The van der Waals surface area contributed by atoms with Crippen LogP contribution < -0.4 is 5.32 Å². The van der Waals surface area contributed by atoms with E-state index in [1.165, 1.54) is 12.8 Å². The fourth-order valence-corrected chi connectivity index (χ4v) is 6.19. The summed E-state index contributed by atoms with van der Waals surface area (Å²) in [4.78, 5) is 14.4. The van der Waals surface area contributed by atoms with Gasteiger partial charge >= 0.3 is 0 Å². The molecule has 1 saturated carbocycles. The highest BCUT2D eigenvalue weighted by Crippen LogP contribution is 2.27. The molecule has 1 atom stereocenters. The maximum Gasteiger partial charge on any atom is 0.234 e. The molecule has 28 heavy (non-hydrogen) atoms. The summed E-state index contributed by atoms with van der Waals surface area (Å²) in [6.45, 7) is 7.22. The van der Waals surface area contributed by atoms with Gasteiger partial charge < -0.3 is 5.32 Å². The molecule has 1 aliphatic heterocycles. The molecule has 1 saturated heterocycles. The third-order valence-corrected chi connectivity index (χ3v) is 8.00. The fraction of sp³-hybridized carbons (Fsp3) is 0.800. The quantitative estimate of drug-likeness (QED) is 0.775. The normalized spacial score (nSPS) is 27.2. The van der Waals surface area contributed by atoms with E-state index in [-0.39, 0.29) is 23.5 Å². The van der Waals surface area contributed by atoms with E-state index >= 15 is 0 Å². The molecule has 0 unspecified atom stereocenters. The Morgan fingerprint density at radius 2 is 1.89 bits per heavy atom. The largest absolute Gasteiger partial charge is 0.352 e. The van der Waals surface area contributed by atoms with Crippen LogP contribution in [0.25, 0.3) is 0 Å². The van der Waals surface area contributed by atoms with Crippen LogP contribution in [0.2, 0.25) is 0 Å². The summed E-state index contributed by atoms with van der Waals surface area (Å²) >= 11 is 0. The topological polar surface area (TPSA) is 84.3 Å². The fourth-order valence-electron chi connectivity index (χ4n) is 4.50. The van der Waals surface area contributed by atoms with E-state index < -0.39 is 9.84 Å². The zero-order valence-corrected chi connectivity index (χ0v) is 18.4. The molecule has 0 aromatic carbocycles. The molecule has 2 fully saturated rings. The summed E-state index contributed by atoms with van der Waals surface area (Å²) in [5.74, 6) is 1.26. The number of rotatable bonds is 6. The van der Waals surface area contributed by atoms with Crippen molar-refractivity contribution in [3.63, 3.8) is 0 Å². The average Bonchev–Trinajstić information content (AvgIpc) is 3.10. The number of nitrogens with one attached hydrogen (secondary N) is 1. The van der Waals surface area contributed by atoms with Crippen molar-refractivity contribution in [1.29, 1.82) is 0 Å². The summed E-state index contributed by atoms with van der Waals surface area (Å²) in [6, 6.07) is 0.243. The summed E-state index contributed by atoms with van der Waals surface area (Å²) in [5, 5.41) is 7.79. The number of aryl methyl sites for hydroxylation is 1. The highest BCUT2D eigenvalue weighted by atomic mass is 32.2. The summed E-state index contributed by atoms with van der Waals surface area (Å²) in [7, 11) is -1.00. The third-order valence-electron chi connectivity index (χ3n) is 6.25. The first-order valence-corrected chi connectivity index (χ1v) is 12.2. The van der Waals surface area contributed by atoms with Gasteiger partial charge in [0.05, 0.1) is 29.8 Å². The Morgan fingerprint density at radius 1 is 1.21 bits per heavy atom. The van der Waals surface area contributed by atoms with Crippen LogP contribution in [-0.4, -0.2) is 60.1 Å². The number of hydrogen-bond donors (Lipinski definition) is 1. The van der Waals surface area contributed by atoms with Gasteiger partial charge in [0.1, 0.15) is 0 Å². The maximum absolute atomic E-state index is 12.4. The van der Waals surface area contributed by atoms with Gasteiger partial charge in [-0.25, -0.2) is 8.42 Å². The molecule has 1 aromatic heterocycles. The highest BCUT2D eigenvalue weighted by molar-refractivity contribution is 7.91. The molecule has 3 rings (SSSR count). The molecule has 1 aliphatic carbocycles. The van der Waals surface area contributed by atoms with Crippen LogP contribution in [0, 0.1) is 19.8 Å². The lowest BCUT2D eigenvalue weighted by molar-refractivity contribution is -0.123. The first-order valence-electron chi connectivity index (χ1n) is 10.4. The van der Waals surface area contributed by atoms with Crippen molar-refractivity contribution in [2.75, 3.05) is 25.1 Å². The SMILES string of the molecule is Cc1nn([C@H]2CCS(=O)(=O)C2)c(C)c1CN(C)CC(=O)NC1CCC(C)CC1. The molecule has 2 heterocycles. The second-order valence-corrected chi connectivity index (χ2v) is 11.1. The van der Waals surface area contributed by atoms with Crippen molar-refractivity contribution >= 4 is 15.7 Å². The van der Waals surface area contributed by atoms with Crippen molar-refractivity contribution in [3.8, 4) is 0 Å². The standard InChI is InChI=1S/C20H34N4O3S/c1-14-5-7-17(8-6-14)21-20(25)12-23(4)11-19-15(2)22-24(16(19)3)18-9-10-28(26,27)13-18/h14,17-18H,5-13H2,1-4H3,(H,21,25)/t14?,17?,18-/m0/s1. The third kappa shape index (κ3) is 5.14. The Morgan fingerprint density at radius 3 is 2.50 bits per heavy atom. The van der Waals surface area contributed by atoms with Gasteiger partial charge in [0.25, 0.3) is 0 Å². The molecular formula is C20H34N4O3S. The van der Waals surface area contributed by atoms with Gasteiger partial charge in [0.2, 0.25) is 5.91 Å². The summed E-state index contributed by atoms with van der Waals surface area (Å²) < 4.78 is 25.5. The summed E-state index contributed by atoms with van der Waals surface area (Å²) in [5.41, 5.74) is 3.01. The van der Waals surface area contributed by atoms with Crippen molar-refractivity contribution in [2.24, 2.45) is 5.92 Å². The van der Waals surface area contributed by atoms with Crippen LogP contribution in [0.3, 0.4) is 0 Å². The smallest absolute Gasteiger partial charge is 0.234 e. The van der Waals surface area contributed by atoms with Crippen LogP contribution in [0.15, 0.2) is 0 Å². The molecule has 0 spiro atoms. The Balaban J connectivity index is 1.56. The molecule has 0 bridgehead atoms. The molecule has 7 nitrogen and oxygen atoms in total. The lowest BCUT2D eigenvalue weighted by Gasteiger charge is -2.27. The van der Waals surface area contributed by atoms with Crippen LogP contribution in [0.1, 0.15) is 62.0 Å². The molecule has 1 amide bonds. The van der Waals surface area contributed by atoms with E-state index in [4.69, 9.17) is 0 Å². The number of carbonyl (C=O) groups excluding carboxylic acids is 1. The van der Waals surface area contributed by atoms with Crippen molar-refractivity contribution in [3.05, 3.63) is 17.0 Å². The van der Waals surface area contributed by atoms with Gasteiger partial charge in [-0.3, -0.25) is 14.4 Å². The molecule has 8 heteroatoms. The van der Waals surface area contributed by atoms with E-state index in [2.05, 4.69) is 17.3 Å². The highest BCUT2D eigenvalue weighted by Gasteiger charge is 2.31. The van der Waals surface area contributed by atoms with E-state index in [0.717, 1.165) is 35.7 Å². The second-order valence-electron chi connectivity index (χ2n) is 8.85. The lowest BCUT2D eigenvalue weighted by atomic mass is 9.87. The van der Waals surface area contributed by atoms with Crippen molar-refractivity contribution in [2.45, 2.75) is 71.5 Å². The number of sulfone groups is 1. The van der Waals surface area contributed by atoms with E-state index in [1.54, 1.807) is 0 Å². The van der Waals surface area contributed by atoms with Gasteiger partial charge in [-0.1, -0.05) is 6.92 Å². The number of aromatic nitrogens is 2. The van der Waals surface area contributed by atoms with Gasteiger partial charge in [-0.05, 0) is 58.9 Å². The number of nitrogens with zero attached hydrogens (tertiary/aromatic N) is 3. The number of carbonyl (C=O) groups is 1. The Hall–Kier alpha value is -1.41. The molecule has 0 radical (unpaired) electrons. The monoisotopic (exact) mass is 410 g/mol. The van der Waals surface area contributed by atoms with Crippen LogP contribution >= 0.6 is 0 Å². The van der Waals surface area contributed by atoms with Crippen LogP contribution in [0.5, 0.6) is 0 Å². The predicted octanol–water partition coefficient (Wildman–Crippen LogP) is 1.99. The first-order chi connectivity index (χ1) is 13.1. The average molecular weight is 411 g/mol. The maximum atomic E-state index is 12.4. The Kier molecular flexibility index (Phi) is 6.49. The molecule has 1 aromatic rings. The van der Waals surface area contributed by atoms with Gasteiger partial charge in [-0.2, -0.15) is 5.10 Å². The van der Waals surface area contributed by atoms with E-state index in [1.807, 2.05) is 30.5 Å².